The molecule has 1 nitrogen and oxygen atoms in total. The summed E-state index contributed by atoms with van der Waals surface area (Å²) in [6.45, 7) is 3.01. The fraction of sp³-hybridized carbons (Fsp3) is 1.00. The number of fused-ring (bicyclic) bond motifs is 1. The van der Waals surface area contributed by atoms with E-state index in [4.69, 9.17) is 0 Å². The molecule has 1 aliphatic heterocycles. The average Bonchev–Trinajstić information content (AvgIpc) is 3.04. The number of hydrogen-bond acceptors (Lipinski definition) is 1. The molecular formula is C16H23N. The normalized spacial score (nSPS) is 70.2. The van der Waals surface area contributed by atoms with Crippen molar-refractivity contribution in [2.45, 2.75) is 44.6 Å². The Labute approximate surface area is 104 Å². The third-order valence-corrected chi connectivity index (χ3v) is 7.95. The standard InChI is InChI=1S/C16H23N/c1-2-16-6-12(16)3-11-8-17(7-9(1)15(11)16)14-5-10-4-13(10)14/h9-15H,1-8H2/t9?,10?,11-,12?,13?,14?,15?,16?/m0/s1. The molecule has 0 bridgehead atoms. The van der Waals surface area contributed by atoms with Gasteiger partial charge in [-0.15, -0.1) is 0 Å². The predicted molar refractivity (Wildman–Crippen MR) is 66.4 cm³/mol. The van der Waals surface area contributed by atoms with Gasteiger partial charge in [0.2, 0.25) is 0 Å². The van der Waals surface area contributed by atoms with Crippen molar-refractivity contribution in [3.05, 3.63) is 0 Å². The highest BCUT2D eigenvalue weighted by molar-refractivity contribution is 5.21. The summed E-state index contributed by atoms with van der Waals surface area (Å²) < 4.78 is 0. The van der Waals surface area contributed by atoms with Crippen molar-refractivity contribution >= 4 is 0 Å². The van der Waals surface area contributed by atoms with Crippen molar-refractivity contribution in [3.8, 4) is 0 Å². The first-order valence-electron chi connectivity index (χ1n) is 8.09. The molecule has 7 unspecified atom stereocenters. The minimum absolute atomic E-state index is 0.934. The lowest BCUT2D eigenvalue weighted by atomic mass is 9.75. The highest BCUT2D eigenvalue weighted by atomic mass is 15.2. The quantitative estimate of drug-likeness (QED) is 0.668. The summed E-state index contributed by atoms with van der Waals surface area (Å²) in [5.74, 6) is 6.99. The van der Waals surface area contributed by atoms with Gasteiger partial charge in [0.25, 0.3) is 0 Å². The Morgan fingerprint density at radius 2 is 1.88 bits per heavy atom. The van der Waals surface area contributed by atoms with Crippen LogP contribution in [0.5, 0.6) is 0 Å². The van der Waals surface area contributed by atoms with Crippen LogP contribution in [0.4, 0.5) is 0 Å². The highest BCUT2D eigenvalue weighted by Gasteiger charge is 2.71. The summed E-state index contributed by atoms with van der Waals surface area (Å²) in [6.07, 6.45) is 9.64. The number of hydrogen-bond donors (Lipinski definition) is 0. The molecular weight excluding hydrogens is 206 g/mol. The molecule has 0 amide bonds. The Bertz CT molecular complexity index is 396. The molecule has 17 heavy (non-hydrogen) atoms. The van der Waals surface area contributed by atoms with E-state index in [2.05, 4.69) is 4.90 Å². The summed E-state index contributed by atoms with van der Waals surface area (Å²) in [5, 5.41) is 0. The Morgan fingerprint density at radius 3 is 2.71 bits per heavy atom. The summed E-state index contributed by atoms with van der Waals surface area (Å²) in [4.78, 5) is 2.96. The van der Waals surface area contributed by atoms with Crippen LogP contribution in [0.3, 0.4) is 0 Å². The topological polar surface area (TPSA) is 3.24 Å². The van der Waals surface area contributed by atoms with Gasteiger partial charge in [-0.3, -0.25) is 4.90 Å². The van der Waals surface area contributed by atoms with E-state index in [9.17, 15) is 0 Å². The number of piperidine rings is 1. The molecule has 1 heterocycles. The molecule has 0 aromatic carbocycles. The zero-order valence-corrected chi connectivity index (χ0v) is 10.6. The zero-order chi connectivity index (χ0) is 10.8. The number of likely N-dealkylation sites (tertiary alicyclic amines) is 1. The van der Waals surface area contributed by atoms with Gasteiger partial charge >= 0.3 is 0 Å². The Kier molecular flexibility index (Phi) is 1.31. The Balaban J connectivity index is 1.31. The van der Waals surface area contributed by atoms with Gasteiger partial charge in [0.05, 0.1) is 0 Å². The van der Waals surface area contributed by atoms with Crippen LogP contribution in [0.1, 0.15) is 38.5 Å². The van der Waals surface area contributed by atoms with Crippen LogP contribution in [-0.2, 0) is 0 Å². The molecule has 8 atom stereocenters. The smallest absolute Gasteiger partial charge is 0.0129 e. The molecule has 1 spiro atoms. The Hall–Kier alpha value is -0.0400. The molecule has 6 rings (SSSR count). The van der Waals surface area contributed by atoms with Gasteiger partial charge in [0, 0.05) is 19.1 Å². The largest absolute Gasteiger partial charge is 0.300 e. The van der Waals surface area contributed by atoms with E-state index < -0.39 is 0 Å². The van der Waals surface area contributed by atoms with Crippen molar-refractivity contribution in [2.75, 3.05) is 13.1 Å². The molecule has 0 N–H and O–H groups in total. The lowest BCUT2D eigenvalue weighted by Crippen LogP contribution is -2.52. The summed E-state index contributed by atoms with van der Waals surface area (Å²) in [6, 6.07) is 1.05. The molecule has 5 aliphatic carbocycles. The average molecular weight is 229 g/mol. The van der Waals surface area contributed by atoms with Gasteiger partial charge < -0.3 is 0 Å². The molecule has 6 aliphatic rings. The van der Waals surface area contributed by atoms with Crippen molar-refractivity contribution < 1.29 is 0 Å². The SMILES string of the molecule is C1CC23CC2C[C@H]2CN(C4CC5CC54)CC1C23. The molecule has 0 aromatic rings. The summed E-state index contributed by atoms with van der Waals surface area (Å²) >= 11 is 0. The first-order valence-corrected chi connectivity index (χ1v) is 8.09. The zero-order valence-electron chi connectivity index (χ0n) is 10.6. The first-order chi connectivity index (χ1) is 8.35. The maximum atomic E-state index is 2.96. The molecule has 1 saturated heterocycles. The lowest BCUT2D eigenvalue weighted by Gasteiger charge is -2.47. The molecule has 0 aromatic heterocycles. The number of rotatable bonds is 1. The van der Waals surface area contributed by atoms with Crippen LogP contribution in [0.15, 0.2) is 0 Å². The molecule has 92 valence electrons. The van der Waals surface area contributed by atoms with E-state index >= 15 is 0 Å². The van der Waals surface area contributed by atoms with E-state index in [0.717, 1.165) is 29.2 Å². The Morgan fingerprint density at radius 1 is 0.941 bits per heavy atom. The van der Waals surface area contributed by atoms with E-state index in [1.165, 1.54) is 30.8 Å². The van der Waals surface area contributed by atoms with Gasteiger partial charge in [-0.05, 0) is 79.4 Å². The maximum absolute atomic E-state index is 2.96. The van der Waals surface area contributed by atoms with Crippen LogP contribution in [0.2, 0.25) is 0 Å². The van der Waals surface area contributed by atoms with Gasteiger partial charge in [0.15, 0.2) is 0 Å². The van der Waals surface area contributed by atoms with Gasteiger partial charge in [-0.25, -0.2) is 0 Å². The second kappa shape index (κ2) is 2.48. The van der Waals surface area contributed by atoms with E-state index in [1.54, 1.807) is 38.5 Å². The van der Waals surface area contributed by atoms with Crippen LogP contribution in [0, 0.1) is 40.9 Å². The van der Waals surface area contributed by atoms with Crippen molar-refractivity contribution in [2.24, 2.45) is 40.9 Å². The van der Waals surface area contributed by atoms with Crippen LogP contribution in [-0.4, -0.2) is 24.0 Å². The van der Waals surface area contributed by atoms with E-state index in [1.807, 2.05) is 0 Å². The maximum Gasteiger partial charge on any atom is 0.0129 e. The van der Waals surface area contributed by atoms with Gasteiger partial charge in [0.1, 0.15) is 0 Å². The minimum Gasteiger partial charge on any atom is -0.300 e. The van der Waals surface area contributed by atoms with Crippen LogP contribution < -0.4 is 0 Å². The second-order valence-electron chi connectivity index (χ2n) is 8.37. The predicted octanol–water partition coefficient (Wildman–Crippen LogP) is 2.76. The fourth-order valence-electron chi connectivity index (χ4n) is 7.13. The van der Waals surface area contributed by atoms with E-state index in [0.29, 0.717) is 0 Å². The third kappa shape index (κ3) is 0.895. The molecule has 0 radical (unpaired) electrons. The highest BCUT2D eigenvalue weighted by Crippen LogP contribution is 2.77. The van der Waals surface area contributed by atoms with Crippen molar-refractivity contribution in [1.82, 2.24) is 4.90 Å². The van der Waals surface area contributed by atoms with Crippen molar-refractivity contribution in [3.63, 3.8) is 0 Å². The monoisotopic (exact) mass is 229 g/mol. The van der Waals surface area contributed by atoms with Gasteiger partial charge in [-0.2, -0.15) is 0 Å². The van der Waals surface area contributed by atoms with Gasteiger partial charge in [-0.1, -0.05) is 0 Å². The molecule has 6 fully saturated rings. The first kappa shape index (κ1) is 8.96. The third-order valence-electron chi connectivity index (χ3n) is 7.95. The number of nitrogens with zero attached hydrogens (tertiary/aromatic N) is 1. The van der Waals surface area contributed by atoms with E-state index in [-0.39, 0.29) is 0 Å². The minimum atomic E-state index is 0.934. The molecule has 1 heteroatoms. The second-order valence-corrected chi connectivity index (χ2v) is 8.37. The van der Waals surface area contributed by atoms with Crippen molar-refractivity contribution in [1.29, 1.82) is 0 Å². The summed E-state index contributed by atoms with van der Waals surface area (Å²) in [5.41, 5.74) is 0.934. The summed E-state index contributed by atoms with van der Waals surface area (Å²) in [7, 11) is 0. The van der Waals surface area contributed by atoms with Crippen LogP contribution in [0.25, 0.3) is 0 Å². The lowest BCUT2D eigenvalue weighted by molar-refractivity contribution is 0.0101. The van der Waals surface area contributed by atoms with Crippen LogP contribution >= 0.6 is 0 Å². The molecule has 5 saturated carbocycles. The fourth-order valence-corrected chi connectivity index (χ4v) is 7.13.